The molecule has 5 rings (SSSR count). The Kier molecular flexibility index (Phi) is 4.35. The van der Waals surface area contributed by atoms with Crippen molar-refractivity contribution < 1.29 is 19.1 Å². The maximum Gasteiger partial charge on any atom is 0.355 e. The molecule has 6 heteroatoms. The van der Waals surface area contributed by atoms with Crippen LogP contribution in [0, 0.1) is 0 Å². The fourth-order valence-electron chi connectivity index (χ4n) is 4.95. The van der Waals surface area contributed by atoms with E-state index >= 15 is 0 Å². The van der Waals surface area contributed by atoms with E-state index in [2.05, 4.69) is 23.5 Å². The number of anilines is 1. The number of methoxy groups -OCH3 is 2. The van der Waals surface area contributed by atoms with Crippen LogP contribution >= 0.6 is 0 Å². The van der Waals surface area contributed by atoms with Crippen molar-refractivity contribution in [3.8, 4) is 11.1 Å². The van der Waals surface area contributed by atoms with E-state index in [9.17, 15) is 9.59 Å². The van der Waals surface area contributed by atoms with Crippen molar-refractivity contribution in [2.75, 3.05) is 19.5 Å². The maximum atomic E-state index is 12.9. The molecule has 1 aromatic heterocycles. The first-order valence-corrected chi connectivity index (χ1v) is 9.99. The molecule has 0 bridgehead atoms. The molecule has 152 valence electrons. The van der Waals surface area contributed by atoms with Crippen molar-refractivity contribution in [1.29, 1.82) is 0 Å². The van der Waals surface area contributed by atoms with Gasteiger partial charge in [0.05, 0.1) is 26.0 Å². The SMILES string of the molecule is COC(=O)c1c(-c2ccccc2)c2n(c1C(=O)OC)CC[C@H]1c3ccccc3N[C@@H]21. The van der Waals surface area contributed by atoms with Crippen LogP contribution in [0.4, 0.5) is 5.69 Å². The molecule has 3 aromatic rings. The highest BCUT2D eigenvalue weighted by molar-refractivity contribution is 6.08. The number of nitrogens with one attached hydrogen (secondary N) is 1. The summed E-state index contributed by atoms with van der Waals surface area (Å²) in [6.07, 6.45) is 0.856. The molecule has 2 atom stereocenters. The maximum absolute atomic E-state index is 12.9. The fourth-order valence-corrected chi connectivity index (χ4v) is 4.95. The number of hydrogen-bond donors (Lipinski definition) is 1. The number of fused-ring (bicyclic) bond motifs is 5. The second kappa shape index (κ2) is 7.06. The van der Waals surface area contributed by atoms with Crippen molar-refractivity contribution in [3.05, 3.63) is 77.1 Å². The van der Waals surface area contributed by atoms with E-state index in [4.69, 9.17) is 9.47 Å². The number of nitrogens with zero attached hydrogens (tertiary/aromatic N) is 1. The van der Waals surface area contributed by atoms with Gasteiger partial charge in [0, 0.05) is 23.7 Å². The number of hydrogen-bond acceptors (Lipinski definition) is 5. The van der Waals surface area contributed by atoms with Crippen LogP contribution in [0.15, 0.2) is 54.6 Å². The zero-order chi connectivity index (χ0) is 20.8. The van der Waals surface area contributed by atoms with Gasteiger partial charge in [0.2, 0.25) is 0 Å². The largest absolute Gasteiger partial charge is 0.465 e. The first-order chi connectivity index (χ1) is 14.7. The number of ether oxygens (including phenoxy) is 2. The number of para-hydroxylation sites is 1. The fraction of sp³-hybridized carbons (Fsp3) is 0.250. The summed E-state index contributed by atoms with van der Waals surface area (Å²) in [5.41, 5.74) is 5.43. The van der Waals surface area contributed by atoms with Gasteiger partial charge in [-0.05, 0) is 23.6 Å². The molecular weight excluding hydrogens is 380 g/mol. The summed E-state index contributed by atoms with van der Waals surface area (Å²) in [4.78, 5) is 25.7. The Morgan fingerprint density at radius 2 is 1.67 bits per heavy atom. The predicted molar refractivity (Wildman–Crippen MR) is 113 cm³/mol. The van der Waals surface area contributed by atoms with E-state index < -0.39 is 11.9 Å². The quantitative estimate of drug-likeness (QED) is 0.659. The molecule has 0 amide bonds. The minimum atomic E-state index is -0.539. The second-order valence-corrected chi connectivity index (χ2v) is 7.59. The molecule has 1 N–H and O–H groups in total. The highest BCUT2D eigenvalue weighted by atomic mass is 16.5. The molecule has 3 heterocycles. The molecule has 2 aliphatic heterocycles. The Bertz CT molecular complexity index is 1150. The second-order valence-electron chi connectivity index (χ2n) is 7.59. The van der Waals surface area contributed by atoms with Crippen LogP contribution in [0.25, 0.3) is 11.1 Å². The molecule has 0 saturated heterocycles. The predicted octanol–water partition coefficient (Wildman–Crippen LogP) is 4.38. The number of carbonyl (C=O) groups is 2. The first-order valence-electron chi connectivity index (χ1n) is 9.99. The van der Waals surface area contributed by atoms with Gasteiger partial charge in [-0.2, -0.15) is 0 Å². The summed E-state index contributed by atoms with van der Waals surface area (Å²) in [6, 6.07) is 17.9. The van der Waals surface area contributed by atoms with Crippen LogP contribution in [0.3, 0.4) is 0 Å². The van der Waals surface area contributed by atoms with Crippen molar-refractivity contribution in [2.24, 2.45) is 0 Å². The molecule has 30 heavy (non-hydrogen) atoms. The molecule has 0 unspecified atom stereocenters. The average Bonchev–Trinajstić information content (AvgIpc) is 3.34. The Hall–Kier alpha value is -3.54. The Balaban J connectivity index is 1.81. The van der Waals surface area contributed by atoms with Crippen LogP contribution < -0.4 is 5.32 Å². The van der Waals surface area contributed by atoms with Crippen LogP contribution in [-0.4, -0.2) is 30.7 Å². The third-order valence-corrected chi connectivity index (χ3v) is 6.17. The molecule has 2 aliphatic rings. The Morgan fingerprint density at radius 1 is 0.967 bits per heavy atom. The highest BCUT2D eigenvalue weighted by Crippen LogP contribution is 2.52. The lowest BCUT2D eigenvalue weighted by Crippen LogP contribution is -2.26. The van der Waals surface area contributed by atoms with Crippen molar-refractivity contribution in [3.63, 3.8) is 0 Å². The number of aromatic nitrogens is 1. The molecule has 0 aliphatic carbocycles. The van der Waals surface area contributed by atoms with E-state index in [1.54, 1.807) is 0 Å². The molecule has 6 nitrogen and oxygen atoms in total. The van der Waals surface area contributed by atoms with Crippen LogP contribution in [0.2, 0.25) is 0 Å². The van der Waals surface area contributed by atoms with E-state index in [0.717, 1.165) is 28.9 Å². The summed E-state index contributed by atoms with van der Waals surface area (Å²) in [6.45, 7) is 0.619. The van der Waals surface area contributed by atoms with Gasteiger partial charge in [-0.3, -0.25) is 0 Å². The summed E-state index contributed by atoms with van der Waals surface area (Å²) in [5.74, 6) is -0.807. The minimum absolute atomic E-state index is 0.0480. The Morgan fingerprint density at radius 3 is 2.40 bits per heavy atom. The molecule has 2 aromatic carbocycles. The van der Waals surface area contributed by atoms with E-state index in [-0.39, 0.29) is 23.2 Å². The summed E-state index contributed by atoms with van der Waals surface area (Å²) >= 11 is 0. The molecule has 0 fully saturated rings. The third-order valence-electron chi connectivity index (χ3n) is 6.17. The van der Waals surface area contributed by atoms with Crippen molar-refractivity contribution >= 4 is 17.6 Å². The summed E-state index contributed by atoms with van der Waals surface area (Å²) in [5, 5.41) is 3.63. The zero-order valence-electron chi connectivity index (χ0n) is 16.8. The number of carbonyl (C=O) groups excluding carboxylic acids is 2. The van der Waals surface area contributed by atoms with E-state index in [1.165, 1.54) is 19.8 Å². The first kappa shape index (κ1) is 18.5. The topological polar surface area (TPSA) is 69.6 Å². The summed E-state index contributed by atoms with van der Waals surface area (Å²) in [7, 11) is 2.67. The number of esters is 2. The third kappa shape index (κ3) is 2.56. The summed E-state index contributed by atoms with van der Waals surface area (Å²) < 4.78 is 12.1. The number of benzene rings is 2. The van der Waals surface area contributed by atoms with Gasteiger partial charge in [-0.15, -0.1) is 0 Å². The standard InChI is InChI=1S/C24H22N2O4/c1-29-23(27)19-18(14-8-4-3-5-9-14)21-20-16(15-10-6-7-11-17(15)25-20)12-13-26(21)22(19)24(28)30-2/h3-11,16,20,25H,12-13H2,1-2H3/t16-,20+/m0/s1. The molecule has 0 spiro atoms. The number of rotatable bonds is 3. The zero-order valence-corrected chi connectivity index (χ0v) is 16.8. The lowest BCUT2D eigenvalue weighted by atomic mass is 9.85. The normalized spacial score (nSPS) is 18.6. The van der Waals surface area contributed by atoms with Crippen molar-refractivity contribution in [1.82, 2.24) is 4.57 Å². The van der Waals surface area contributed by atoms with Gasteiger partial charge in [0.15, 0.2) is 0 Å². The van der Waals surface area contributed by atoms with Crippen LogP contribution in [-0.2, 0) is 16.0 Å². The Labute approximate surface area is 174 Å². The van der Waals surface area contributed by atoms with Gasteiger partial charge < -0.3 is 19.4 Å². The van der Waals surface area contributed by atoms with E-state index in [1.807, 2.05) is 41.0 Å². The van der Waals surface area contributed by atoms with Gasteiger partial charge in [-0.1, -0.05) is 48.5 Å². The average molecular weight is 402 g/mol. The lowest BCUT2D eigenvalue weighted by molar-refractivity contribution is 0.0546. The lowest BCUT2D eigenvalue weighted by Gasteiger charge is -2.30. The van der Waals surface area contributed by atoms with Crippen LogP contribution in [0.1, 0.15) is 50.5 Å². The van der Waals surface area contributed by atoms with Crippen LogP contribution in [0.5, 0.6) is 0 Å². The van der Waals surface area contributed by atoms with Gasteiger partial charge in [0.25, 0.3) is 0 Å². The van der Waals surface area contributed by atoms with Gasteiger partial charge >= 0.3 is 11.9 Å². The van der Waals surface area contributed by atoms with Gasteiger partial charge in [-0.25, -0.2) is 9.59 Å². The smallest absolute Gasteiger partial charge is 0.355 e. The minimum Gasteiger partial charge on any atom is -0.465 e. The highest BCUT2D eigenvalue weighted by Gasteiger charge is 2.44. The van der Waals surface area contributed by atoms with Crippen molar-refractivity contribution in [2.45, 2.75) is 24.9 Å². The van der Waals surface area contributed by atoms with E-state index in [0.29, 0.717) is 6.54 Å². The molecule has 0 radical (unpaired) electrons. The molecule has 0 saturated carbocycles. The monoisotopic (exact) mass is 402 g/mol. The molecular formula is C24H22N2O4. The van der Waals surface area contributed by atoms with Gasteiger partial charge in [0.1, 0.15) is 11.3 Å².